The first-order chi connectivity index (χ1) is 20.6. The number of methoxy groups -OCH3 is 5. The third-order valence-electron chi connectivity index (χ3n) is 7.55. The number of rotatable bonds is 14. The Balaban J connectivity index is 1.55. The van der Waals surface area contributed by atoms with E-state index in [9.17, 15) is 9.90 Å². The monoisotopic (exact) mass is 595 g/mol. The van der Waals surface area contributed by atoms with Crippen LogP contribution >= 0.6 is 0 Å². The van der Waals surface area contributed by atoms with Crippen LogP contribution in [0.2, 0.25) is 0 Å². The number of ether oxygens (including phenoxy) is 7. The van der Waals surface area contributed by atoms with E-state index in [1.807, 2.05) is 12.1 Å². The lowest BCUT2D eigenvalue weighted by Crippen LogP contribution is -2.37. The van der Waals surface area contributed by atoms with E-state index in [1.165, 1.54) is 19.4 Å². The van der Waals surface area contributed by atoms with Crippen LogP contribution in [0.5, 0.6) is 40.2 Å². The molecule has 0 saturated heterocycles. The van der Waals surface area contributed by atoms with Gasteiger partial charge in [0.15, 0.2) is 28.6 Å². The molecule has 1 aliphatic heterocycles. The lowest BCUT2D eigenvalue weighted by atomic mass is 9.87. The second-order valence-electron chi connectivity index (χ2n) is 10.6. The molecular weight excluding hydrogens is 554 g/mol. The predicted octanol–water partition coefficient (Wildman–Crippen LogP) is 5.39. The first kappa shape index (κ1) is 31.6. The molecule has 0 aliphatic carbocycles. The molecule has 0 aromatic heterocycles. The molecule has 0 spiro atoms. The van der Waals surface area contributed by atoms with E-state index >= 15 is 0 Å². The van der Waals surface area contributed by atoms with Gasteiger partial charge in [-0.25, -0.2) is 4.79 Å². The van der Waals surface area contributed by atoms with Gasteiger partial charge in [-0.1, -0.05) is 0 Å². The van der Waals surface area contributed by atoms with Crippen LogP contribution in [-0.2, 0) is 11.2 Å². The first-order valence-corrected chi connectivity index (χ1v) is 14.1. The largest absolute Gasteiger partial charge is 0.494 e. The van der Waals surface area contributed by atoms with Crippen LogP contribution in [0.4, 0.5) is 0 Å². The second kappa shape index (κ2) is 13.8. The van der Waals surface area contributed by atoms with Crippen LogP contribution in [0.3, 0.4) is 0 Å². The Labute approximate surface area is 253 Å². The van der Waals surface area contributed by atoms with E-state index < -0.39 is 11.6 Å². The van der Waals surface area contributed by atoms with Crippen molar-refractivity contribution in [1.29, 1.82) is 0 Å². The van der Waals surface area contributed by atoms with Gasteiger partial charge in [0, 0.05) is 13.1 Å². The molecule has 10 nitrogen and oxygen atoms in total. The summed E-state index contributed by atoms with van der Waals surface area (Å²) in [4.78, 5) is 13.8. The zero-order chi connectivity index (χ0) is 31.1. The maximum Gasteiger partial charge on any atom is 0.347 e. The highest BCUT2D eigenvalue weighted by Gasteiger charge is 2.32. The Morgan fingerprint density at radius 2 is 1.42 bits per heavy atom. The van der Waals surface area contributed by atoms with Crippen molar-refractivity contribution in [2.75, 3.05) is 55.2 Å². The van der Waals surface area contributed by atoms with E-state index in [2.05, 4.69) is 17.0 Å². The molecule has 1 N–H and O–H groups in total. The van der Waals surface area contributed by atoms with E-state index in [-0.39, 0.29) is 6.04 Å². The number of fused-ring (bicyclic) bond motifs is 1. The Kier molecular flexibility index (Phi) is 10.1. The van der Waals surface area contributed by atoms with Gasteiger partial charge in [0.2, 0.25) is 5.75 Å². The van der Waals surface area contributed by atoms with Crippen LogP contribution in [-0.4, -0.2) is 76.8 Å². The molecular formula is C33H41NO9. The van der Waals surface area contributed by atoms with Crippen molar-refractivity contribution < 1.29 is 43.1 Å². The highest BCUT2D eigenvalue weighted by Crippen LogP contribution is 2.46. The molecule has 1 atom stereocenters. The minimum absolute atomic E-state index is 0.105. The molecule has 3 aromatic carbocycles. The van der Waals surface area contributed by atoms with E-state index in [0.29, 0.717) is 46.9 Å². The predicted molar refractivity (Wildman–Crippen MR) is 162 cm³/mol. The number of carbonyl (C=O) groups is 1. The highest BCUT2D eigenvalue weighted by molar-refractivity contribution is 5.76. The summed E-state index contributed by atoms with van der Waals surface area (Å²) in [7, 11) is 8.11. The van der Waals surface area contributed by atoms with Gasteiger partial charge in [0.05, 0.1) is 48.2 Å². The molecule has 0 saturated carbocycles. The fraction of sp³-hybridized carbons (Fsp3) is 0.424. The Hall–Kier alpha value is -4.31. The number of carboxylic acids is 1. The Morgan fingerprint density at radius 3 is 1.98 bits per heavy atom. The molecule has 43 heavy (non-hydrogen) atoms. The molecule has 0 bridgehead atoms. The number of carboxylic acid groups (broad SMARTS) is 1. The van der Waals surface area contributed by atoms with Gasteiger partial charge < -0.3 is 38.3 Å². The van der Waals surface area contributed by atoms with Crippen LogP contribution in [0.1, 0.15) is 43.0 Å². The molecule has 10 heteroatoms. The quantitative estimate of drug-likeness (QED) is 0.244. The number of hydrogen-bond donors (Lipinski definition) is 1. The maximum absolute atomic E-state index is 11.3. The van der Waals surface area contributed by atoms with Gasteiger partial charge in [0.1, 0.15) is 11.5 Å². The SMILES string of the molecule is COc1cc2c(cc1OC)C(c1cc(OC)c(OC)c(OC)c1)N(CCCOc1ccc(OC(C)(C)C(=O)O)cc1)CC2. The van der Waals surface area contributed by atoms with Crippen molar-refractivity contribution in [3.05, 3.63) is 65.2 Å². The molecule has 3 aromatic rings. The number of benzene rings is 3. The molecule has 0 amide bonds. The minimum Gasteiger partial charge on any atom is -0.494 e. The van der Waals surface area contributed by atoms with E-state index in [1.54, 1.807) is 59.8 Å². The summed E-state index contributed by atoms with van der Waals surface area (Å²) >= 11 is 0. The first-order valence-electron chi connectivity index (χ1n) is 14.1. The molecule has 232 valence electrons. The van der Waals surface area contributed by atoms with Crippen LogP contribution in [0.25, 0.3) is 0 Å². The van der Waals surface area contributed by atoms with Crippen LogP contribution < -0.4 is 33.2 Å². The van der Waals surface area contributed by atoms with Gasteiger partial charge in [0.25, 0.3) is 0 Å². The number of hydrogen-bond acceptors (Lipinski definition) is 9. The number of nitrogens with zero attached hydrogens (tertiary/aromatic N) is 1. The normalized spacial score (nSPS) is 14.8. The van der Waals surface area contributed by atoms with Gasteiger partial charge >= 0.3 is 5.97 Å². The average Bonchev–Trinajstić information content (AvgIpc) is 3.01. The topological polar surface area (TPSA) is 105 Å². The van der Waals surface area contributed by atoms with Crippen molar-refractivity contribution in [3.8, 4) is 40.2 Å². The molecule has 0 fully saturated rings. The van der Waals surface area contributed by atoms with Crippen molar-refractivity contribution in [2.24, 2.45) is 0 Å². The van der Waals surface area contributed by atoms with Gasteiger partial charge in [-0.05, 0) is 91.9 Å². The van der Waals surface area contributed by atoms with Crippen molar-refractivity contribution >= 4 is 5.97 Å². The third kappa shape index (κ3) is 7.02. The van der Waals surface area contributed by atoms with Gasteiger partial charge in [-0.3, -0.25) is 4.90 Å². The highest BCUT2D eigenvalue weighted by atomic mass is 16.5. The zero-order valence-corrected chi connectivity index (χ0v) is 25.9. The summed E-state index contributed by atoms with van der Waals surface area (Å²) in [6.07, 6.45) is 1.62. The van der Waals surface area contributed by atoms with Crippen LogP contribution in [0, 0.1) is 0 Å². The van der Waals surface area contributed by atoms with Gasteiger partial charge in [-0.2, -0.15) is 0 Å². The maximum atomic E-state index is 11.3. The van der Waals surface area contributed by atoms with Gasteiger partial charge in [-0.15, -0.1) is 0 Å². The Morgan fingerprint density at radius 1 is 0.837 bits per heavy atom. The smallest absolute Gasteiger partial charge is 0.347 e. The van der Waals surface area contributed by atoms with Crippen molar-refractivity contribution in [1.82, 2.24) is 4.90 Å². The second-order valence-corrected chi connectivity index (χ2v) is 10.6. The summed E-state index contributed by atoms with van der Waals surface area (Å²) in [5.74, 6) is 3.21. The standard InChI is InChI=1S/C33H41NO9/c1-33(2,32(35)36)43-24-11-9-23(10-12-24)42-16-8-14-34-15-13-21-17-26(37-3)27(38-4)20-25(21)30(34)22-18-28(39-5)31(41-7)29(19-22)40-6/h9-12,17-20,30H,8,13-16H2,1-7H3,(H,35,36). The van der Waals surface area contributed by atoms with E-state index in [0.717, 1.165) is 37.1 Å². The fourth-order valence-corrected chi connectivity index (χ4v) is 5.29. The van der Waals surface area contributed by atoms with Crippen molar-refractivity contribution in [3.63, 3.8) is 0 Å². The third-order valence-corrected chi connectivity index (χ3v) is 7.55. The molecule has 1 aliphatic rings. The summed E-state index contributed by atoms with van der Waals surface area (Å²) in [5.41, 5.74) is 2.00. The fourth-order valence-electron chi connectivity index (χ4n) is 5.29. The van der Waals surface area contributed by atoms with Crippen molar-refractivity contribution in [2.45, 2.75) is 38.3 Å². The average molecular weight is 596 g/mol. The van der Waals surface area contributed by atoms with E-state index in [4.69, 9.17) is 33.2 Å². The summed E-state index contributed by atoms with van der Waals surface area (Å²) < 4.78 is 39.8. The lowest BCUT2D eigenvalue weighted by molar-refractivity contribution is -0.152. The molecule has 1 heterocycles. The molecule has 0 radical (unpaired) electrons. The summed E-state index contributed by atoms with van der Waals surface area (Å²) in [6, 6.07) is 15.0. The minimum atomic E-state index is -1.32. The molecule has 1 unspecified atom stereocenters. The lowest BCUT2D eigenvalue weighted by Gasteiger charge is -2.38. The van der Waals surface area contributed by atoms with Crippen LogP contribution in [0.15, 0.2) is 48.5 Å². The summed E-state index contributed by atoms with van der Waals surface area (Å²) in [6.45, 7) is 5.11. The Bertz CT molecular complexity index is 1380. The zero-order valence-electron chi connectivity index (χ0n) is 25.9. The number of aliphatic carboxylic acids is 1. The summed E-state index contributed by atoms with van der Waals surface area (Å²) in [5, 5.41) is 9.30. The molecule has 4 rings (SSSR count).